The van der Waals surface area contributed by atoms with Gasteiger partial charge in [0.15, 0.2) is 11.4 Å². The number of benzene rings is 3. The molecule has 1 aliphatic rings. The Balaban J connectivity index is 1.22. The molecule has 1 saturated heterocycles. The quantitative estimate of drug-likeness (QED) is 0.224. The lowest BCUT2D eigenvalue weighted by Crippen LogP contribution is -2.21. The normalized spacial score (nSPS) is 15.2. The molecular weight excluding hydrogens is 550 g/mol. The first kappa shape index (κ1) is 27.7. The molecule has 218 valence electrons. The predicted octanol–water partition coefficient (Wildman–Crippen LogP) is 6.61. The summed E-state index contributed by atoms with van der Waals surface area (Å²) in [7, 11) is 0. The Morgan fingerprint density at radius 1 is 0.955 bits per heavy atom. The van der Waals surface area contributed by atoms with Gasteiger partial charge in [0.05, 0.1) is 17.2 Å². The van der Waals surface area contributed by atoms with Crippen LogP contribution in [0.4, 0.5) is 11.5 Å². The highest BCUT2D eigenvalue weighted by Gasteiger charge is 2.21. The van der Waals surface area contributed by atoms with Gasteiger partial charge in [-0.2, -0.15) is 5.26 Å². The van der Waals surface area contributed by atoms with E-state index in [1.54, 1.807) is 6.07 Å². The van der Waals surface area contributed by atoms with Crippen molar-refractivity contribution in [3.8, 4) is 28.7 Å². The highest BCUT2D eigenvalue weighted by molar-refractivity contribution is 5.89. The molecule has 0 unspecified atom stereocenters. The predicted molar refractivity (Wildman–Crippen MR) is 170 cm³/mol. The van der Waals surface area contributed by atoms with Crippen molar-refractivity contribution in [2.24, 2.45) is 0 Å². The van der Waals surface area contributed by atoms with Gasteiger partial charge in [-0.1, -0.05) is 30.3 Å². The van der Waals surface area contributed by atoms with Gasteiger partial charge in [-0.3, -0.25) is 9.88 Å². The number of rotatable bonds is 6. The van der Waals surface area contributed by atoms with E-state index in [-0.39, 0.29) is 6.10 Å². The van der Waals surface area contributed by atoms with Gasteiger partial charge in [0.25, 0.3) is 0 Å². The first-order valence-corrected chi connectivity index (χ1v) is 14.7. The van der Waals surface area contributed by atoms with Crippen molar-refractivity contribution in [2.75, 3.05) is 18.4 Å². The van der Waals surface area contributed by atoms with Crippen molar-refractivity contribution in [2.45, 2.75) is 39.8 Å². The fourth-order valence-electron chi connectivity index (χ4n) is 6.07. The van der Waals surface area contributed by atoms with Gasteiger partial charge in [-0.25, -0.2) is 15.0 Å². The first-order valence-electron chi connectivity index (χ1n) is 14.7. The molecule has 7 rings (SSSR count). The topological polar surface area (TPSA) is 124 Å². The number of fused-ring (bicyclic) bond motifs is 2. The molecule has 1 fully saturated rings. The lowest BCUT2D eigenvalue weighted by molar-refractivity contribution is 0.175. The maximum absolute atomic E-state index is 9.90. The van der Waals surface area contributed by atoms with Crippen LogP contribution in [0, 0.1) is 32.1 Å². The number of aliphatic hydroxyl groups excluding tert-OH is 1. The summed E-state index contributed by atoms with van der Waals surface area (Å²) in [6, 6.07) is 21.9. The van der Waals surface area contributed by atoms with Crippen LogP contribution < -0.4 is 5.32 Å². The minimum atomic E-state index is -0.256. The van der Waals surface area contributed by atoms with E-state index in [1.807, 2.05) is 49.5 Å². The van der Waals surface area contributed by atoms with Crippen LogP contribution >= 0.6 is 0 Å². The third kappa shape index (κ3) is 5.04. The third-order valence-corrected chi connectivity index (χ3v) is 8.33. The number of aliphatic hydroxyl groups is 1. The highest BCUT2D eigenvalue weighted by Crippen LogP contribution is 2.37. The van der Waals surface area contributed by atoms with Crippen molar-refractivity contribution >= 4 is 33.6 Å². The molecule has 0 saturated carbocycles. The molecular formula is C35H31N7O2. The van der Waals surface area contributed by atoms with Crippen molar-refractivity contribution in [1.82, 2.24) is 24.8 Å². The molecule has 1 aliphatic heterocycles. The van der Waals surface area contributed by atoms with E-state index >= 15 is 0 Å². The maximum Gasteiger partial charge on any atom is 0.227 e. The molecule has 0 amide bonds. The molecule has 0 spiro atoms. The van der Waals surface area contributed by atoms with Crippen LogP contribution in [-0.4, -0.2) is 49.1 Å². The van der Waals surface area contributed by atoms with Gasteiger partial charge in [0, 0.05) is 37.1 Å². The summed E-state index contributed by atoms with van der Waals surface area (Å²) in [5.74, 6) is 1.80. The van der Waals surface area contributed by atoms with E-state index in [2.05, 4.69) is 53.3 Å². The van der Waals surface area contributed by atoms with Crippen LogP contribution in [0.2, 0.25) is 0 Å². The second kappa shape index (κ2) is 11.2. The van der Waals surface area contributed by atoms with Crippen molar-refractivity contribution < 1.29 is 9.52 Å². The second-order valence-electron chi connectivity index (χ2n) is 11.4. The highest BCUT2D eigenvalue weighted by atomic mass is 16.3. The minimum Gasteiger partial charge on any atom is -0.435 e. The van der Waals surface area contributed by atoms with E-state index in [4.69, 9.17) is 19.4 Å². The smallest absolute Gasteiger partial charge is 0.227 e. The summed E-state index contributed by atoms with van der Waals surface area (Å²) in [5, 5.41) is 22.9. The zero-order valence-electron chi connectivity index (χ0n) is 24.8. The molecule has 9 nitrogen and oxygen atoms in total. The van der Waals surface area contributed by atoms with E-state index in [1.165, 1.54) is 0 Å². The SMILES string of the molecule is Cc1nc(Nc2cccc(-c3cccc(-c4nc5cccc(C#N)c5o4)c3C)c2C)c2ncc(CN3CC[C@@H](O)C3)cc2n1. The Labute approximate surface area is 254 Å². The zero-order valence-corrected chi connectivity index (χ0v) is 24.8. The number of para-hydroxylation sites is 1. The molecule has 1 atom stereocenters. The van der Waals surface area contributed by atoms with Gasteiger partial charge in [0.2, 0.25) is 5.89 Å². The van der Waals surface area contributed by atoms with Crippen LogP contribution in [0.25, 0.3) is 44.7 Å². The lowest BCUT2D eigenvalue weighted by Gasteiger charge is -2.17. The van der Waals surface area contributed by atoms with Gasteiger partial charge in [-0.05, 0) is 85.3 Å². The molecule has 0 radical (unpaired) electrons. The number of aryl methyl sites for hydroxylation is 1. The number of oxazole rings is 1. The number of hydrogen-bond acceptors (Lipinski definition) is 9. The van der Waals surface area contributed by atoms with E-state index < -0.39 is 0 Å². The molecule has 0 aliphatic carbocycles. The van der Waals surface area contributed by atoms with Crippen LogP contribution in [0.1, 0.15) is 34.5 Å². The average molecular weight is 582 g/mol. The van der Waals surface area contributed by atoms with Gasteiger partial charge >= 0.3 is 0 Å². The van der Waals surface area contributed by atoms with Crippen molar-refractivity contribution in [3.63, 3.8) is 0 Å². The molecule has 4 heterocycles. The summed E-state index contributed by atoms with van der Waals surface area (Å²) < 4.78 is 6.10. The Hall–Kier alpha value is -5.17. The molecule has 3 aromatic heterocycles. The third-order valence-electron chi connectivity index (χ3n) is 8.33. The Kier molecular flexibility index (Phi) is 7.01. The fraction of sp³-hybridized carbons (Fsp3) is 0.229. The Morgan fingerprint density at radius 2 is 1.73 bits per heavy atom. The Bertz CT molecular complexity index is 2100. The number of likely N-dealkylation sites (tertiary alicyclic amines) is 1. The number of nitrogens with zero attached hydrogens (tertiary/aromatic N) is 6. The van der Waals surface area contributed by atoms with E-state index in [0.717, 1.165) is 64.1 Å². The monoisotopic (exact) mass is 581 g/mol. The van der Waals surface area contributed by atoms with Crippen molar-refractivity contribution in [1.29, 1.82) is 5.26 Å². The molecule has 0 bridgehead atoms. The largest absolute Gasteiger partial charge is 0.435 e. The zero-order chi connectivity index (χ0) is 30.4. The lowest BCUT2D eigenvalue weighted by atomic mass is 9.93. The van der Waals surface area contributed by atoms with E-state index in [9.17, 15) is 10.4 Å². The van der Waals surface area contributed by atoms with Gasteiger partial charge in [-0.15, -0.1) is 0 Å². The maximum atomic E-state index is 9.90. The first-order chi connectivity index (χ1) is 21.4. The number of nitriles is 1. The number of aromatic nitrogens is 4. The minimum absolute atomic E-state index is 0.256. The number of anilines is 2. The van der Waals surface area contributed by atoms with E-state index in [0.29, 0.717) is 46.3 Å². The summed E-state index contributed by atoms with van der Waals surface area (Å²) in [4.78, 5) is 21.1. The van der Waals surface area contributed by atoms with Crippen LogP contribution in [0.5, 0.6) is 0 Å². The van der Waals surface area contributed by atoms with Gasteiger partial charge < -0.3 is 14.8 Å². The Morgan fingerprint density at radius 3 is 2.52 bits per heavy atom. The standard InChI is InChI=1S/C35H31N7O2/c1-20-26(8-5-10-28(20)35-41-30-12-4-7-24(16-36)33(30)44-35)27-9-6-11-29(21(27)2)40-34-32-31(38-22(3)39-34)15-23(17-37-32)18-42-14-13-25(43)19-42/h4-12,15,17,25,43H,13-14,18-19H2,1-3H3,(H,38,39,40)/t25-/m1/s1. The molecule has 44 heavy (non-hydrogen) atoms. The molecule has 2 N–H and O–H groups in total. The second-order valence-corrected chi connectivity index (χ2v) is 11.4. The van der Waals surface area contributed by atoms with Crippen LogP contribution in [-0.2, 0) is 6.54 Å². The number of hydrogen-bond donors (Lipinski definition) is 2. The van der Waals surface area contributed by atoms with Gasteiger partial charge in [0.1, 0.15) is 22.9 Å². The summed E-state index contributed by atoms with van der Waals surface area (Å²) in [6.07, 6.45) is 2.42. The summed E-state index contributed by atoms with van der Waals surface area (Å²) in [6.45, 7) is 8.34. The van der Waals surface area contributed by atoms with Crippen molar-refractivity contribution in [3.05, 3.63) is 94.9 Å². The summed E-state index contributed by atoms with van der Waals surface area (Å²) in [5.41, 5.74) is 10.2. The molecule has 3 aromatic carbocycles. The summed E-state index contributed by atoms with van der Waals surface area (Å²) >= 11 is 0. The number of nitrogens with one attached hydrogen (secondary N) is 1. The number of pyridine rings is 1. The number of β-amino-alcohol motifs (C(OH)–C–C–N with tert-alkyl or cyclic N) is 1. The molecule has 6 aromatic rings. The molecule has 9 heteroatoms. The fourth-order valence-corrected chi connectivity index (χ4v) is 6.07. The van der Waals surface area contributed by atoms with Crippen LogP contribution in [0.15, 0.2) is 71.3 Å². The van der Waals surface area contributed by atoms with Crippen LogP contribution in [0.3, 0.4) is 0 Å². The average Bonchev–Trinajstić information content (AvgIpc) is 3.64.